The Morgan fingerprint density at radius 2 is 1.40 bits per heavy atom. The first kappa shape index (κ1) is 23.2. The van der Waals surface area contributed by atoms with Gasteiger partial charge in [-0.25, -0.2) is 0 Å². The SMILES string of the molecule is CC(C)c1cc([Si](C)(C)c2ccc3c4cccc[c-]4ccc2-3)c2cccc[c-]12.[Li+].[Li+]. The van der Waals surface area contributed by atoms with Gasteiger partial charge in [-0.2, -0.15) is 0 Å². The van der Waals surface area contributed by atoms with E-state index in [0.717, 1.165) is 0 Å². The fourth-order valence-electron chi connectivity index (χ4n) is 4.93. The third-order valence-corrected chi connectivity index (χ3v) is 10.0. The Kier molecular flexibility index (Phi) is 6.65. The van der Waals surface area contributed by atoms with Crippen LogP contribution in [0.2, 0.25) is 13.1 Å². The molecule has 5 rings (SSSR count). The van der Waals surface area contributed by atoms with Crippen LogP contribution in [0.15, 0.2) is 78.9 Å². The van der Waals surface area contributed by atoms with Crippen LogP contribution >= 0.6 is 0 Å². The summed E-state index contributed by atoms with van der Waals surface area (Å²) in [5.41, 5.74) is 4.33. The second-order valence-electron chi connectivity index (χ2n) is 8.83. The summed E-state index contributed by atoms with van der Waals surface area (Å²) in [5.74, 6) is 0.545. The summed E-state index contributed by atoms with van der Waals surface area (Å²) in [6.07, 6.45) is 0. The normalized spacial score (nSPS) is 11.8. The minimum absolute atomic E-state index is 0. The van der Waals surface area contributed by atoms with E-state index in [1.807, 2.05) is 0 Å². The van der Waals surface area contributed by atoms with E-state index in [-0.39, 0.29) is 37.7 Å². The van der Waals surface area contributed by atoms with Gasteiger partial charge in [0.05, 0.1) is 8.07 Å². The standard InChI is InChI=1S/C27H26Si.2Li/c1-18(2)25-17-27(23-12-8-7-11-21(23)25)28(3,4)26-16-15-22-20-10-6-5-9-19(20)13-14-24(22)26;;/h5-18H,1-4H3;;/q-2;2*+1. The van der Waals surface area contributed by atoms with Gasteiger partial charge in [0.25, 0.3) is 0 Å². The van der Waals surface area contributed by atoms with Gasteiger partial charge in [-0.15, -0.1) is 88.3 Å². The zero-order valence-electron chi connectivity index (χ0n) is 19.1. The first-order chi connectivity index (χ1) is 13.5. The topological polar surface area (TPSA) is 0 Å². The maximum Gasteiger partial charge on any atom is 1.00 e. The number of fused-ring (bicyclic) bond motifs is 4. The van der Waals surface area contributed by atoms with Gasteiger partial charge in [-0.05, 0) is 5.92 Å². The third-order valence-electron chi connectivity index (χ3n) is 6.47. The smallest absolute Gasteiger partial charge is 0.147 e. The van der Waals surface area contributed by atoms with Crippen molar-refractivity contribution in [2.24, 2.45) is 0 Å². The summed E-state index contributed by atoms with van der Waals surface area (Å²) in [5, 5.41) is 8.72. The van der Waals surface area contributed by atoms with E-state index in [1.54, 1.807) is 10.4 Å². The summed E-state index contributed by atoms with van der Waals surface area (Å²) in [6.45, 7) is 9.65. The second kappa shape index (κ2) is 8.59. The Hall–Kier alpha value is -1.45. The van der Waals surface area contributed by atoms with Gasteiger partial charge in [0.15, 0.2) is 0 Å². The second-order valence-corrected chi connectivity index (χ2v) is 13.2. The molecule has 0 nitrogen and oxygen atoms in total. The van der Waals surface area contributed by atoms with E-state index in [2.05, 4.69) is 106 Å². The van der Waals surface area contributed by atoms with E-state index in [9.17, 15) is 0 Å². The number of benzene rings is 3. The van der Waals surface area contributed by atoms with Gasteiger partial charge in [-0.1, -0.05) is 66.2 Å². The number of hydrogen-bond donors (Lipinski definition) is 0. The molecule has 0 unspecified atom stereocenters. The van der Waals surface area contributed by atoms with Crippen LogP contribution in [-0.2, 0) is 0 Å². The number of hydrogen-bond acceptors (Lipinski definition) is 0. The van der Waals surface area contributed by atoms with Crippen molar-refractivity contribution in [1.82, 2.24) is 0 Å². The van der Waals surface area contributed by atoms with Gasteiger partial charge in [0, 0.05) is 0 Å². The van der Waals surface area contributed by atoms with Crippen molar-refractivity contribution in [3.8, 4) is 11.1 Å². The minimum Gasteiger partial charge on any atom is -0.147 e. The Balaban J connectivity index is 0.00000128. The summed E-state index contributed by atoms with van der Waals surface area (Å²) < 4.78 is 0. The molecule has 3 aromatic carbocycles. The van der Waals surface area contributed by atoms with Crippen LogP contribution in [0, 0.1) is 0 Å². The van der Waals surface area contributed by atoms with Crippen molar-refractivity contribution in [1.29, 1.82) is 0 Å². The minimum atomic E-state index is -1.84. The summed E-state index contributed by atoms with van der Waals surface area (Å²) >= 11 is 0. The molecule has 0 amide bonds. The molecule has 0 saturated carbocycles. The predicted octanol–water partition coefficient (Wildman–Crippen LogP) is 0.490. The maximum absolute atomic E-state index is 2.52. The summed E-state index contributed by atoms with van der Waals surface area (Å²) in [4.78, 5) is 0. The van der Waals surface area contributed by atoms with Crippen molar-refractivity contribution in [3.05, 3.63) is 84.4 Å². The molecule has 0 saturated heterocycles. The van der Waals surface area contributed by atoms with E-state index in [1.165, 1.54) is 38.2 Å². The summed E-state index contributed by atoms with van der Waals surface area (Å²) in [6, 6.07) is 29.6. The van der Waals surface area contributed by atoms with Crippen LogP contribution in [0.25, 0.3) is 32.7 Å². The average molecular weight is 392 g/mol. The average Bonchev–Trinajstić information content (AvgIpc) is 3.31. The Morgan fingerprint density at radius 1 is 0.700 bits per heavy atom. The van der Waals surface area contributed by atoms with Gasteiger partial charge in [0.1, 0.15) is 0 Å². The first-order valence-electron chi connectivity index (χ1n) is 10.2. The fraction of sp³-hybridized carbons (Fsp3) is 0.185. The van der Waals surface area contributed by atoms with Crippen molar-refractivity contribution < 1.29 is 37.7 Å². The zero-order chi connectivity index (χ0) is 19.5. The monoisotopic (exact) mass is 392 g/mol. The molecule has 140 valence electrons. The van der Waals surface area contributed by atoms with Crippen LogP contribution in [0.1, 0.15) is 25.3 Å². The quantitative estimate of drug-likeness (QED) is 0.310. The molecule has 0 aliphatic heterocycles. The molecule has 0 fully saturated rings. The molecule has 2 aliphatic rings. The zero-order valence-corrected chi connectivity index (χ0v) is 20.1. The van der Waals surface area contributed by atoms with Crippen molar-refractivity contribution in [2.45, 2.75) is 32.9 Å². The van der Waals surface area contributed by atoms with Gasteiger partial charge in [-0.3, -0.25) is 0 Å². The van der Waals surface area contributed by atoms with Crippen LogP contribution in [-0.4, -0.2) is 8.07 Å². The largest absolute Gasteiger partial charge is 1.00 e. The molecule has 0 heterocycles. The molecular weight excluding hydrogens is 366 g/mol. The van der Waals surface area contributed by atoms with Gasteiger partial charge < -0.3 is 0 Å². The molecule has 0 aromatic heterocycles. The molecule has 30 heavy (non-hydrogen) atoms. The van der Waals surface area contributed by atoms with Gasteiger partial charge in [0.2, 0.25) is 0 Å². The molecular formula is C27H26Li2Si. The molecule has 0 bridgehead atoms. The van der Waals surface area contributed by atoms with E-state index in [0.29, 0.717) is 5.92 Å². The van der Waals surface area contributed by atoms with E-state index >= 15 is 0 Å². The van der Waals surface area contributed by atoms with Crippen molar-refractivity contribution >= 4 is 40.0 Å². The van der Waals surface area contributed by atoms with Gasteiger partial charge >= 0.3 is 37.7 Å². The van der Waals surface area contributed by atoms with Crippen LogP contribution in [0.3, 0.4) is 0 Å². The van der Waals surface area contributed by atoms with Crippen molar-refractivity contribution in [2.75, 3.05) is 0 Å². The maximum atomic E-state index is 2.52. The Morgan fingerprint density at radius 3 is 2.13 bits per heavy atom. The third kappa shape index (κ3) is 3.48. The molecule has 0 N–H and O–H groups in total. The van der Waals surface area contributed by atoms with Crippen molar-refractivity contribution in [3.63, 3.8) is 0 Å². The Bertz CT molecular complexity index is 1270. The molecule has 2 aliphatic carbocycles. The first-order valence-corrected chi connectivity index (χ1v) is 13.2. The van der Waals surface area contributed by atoms with Crippen LogP contribution < -0.4 is 48.1 Å². The molecule has 3 aromatic rings. The molecule has 0 atom stereocenters. The molecule has 0 spiro atoms. The Labute approximate surface area is 205 Å². The summed E-state index contributed by atoms with van der Waals surface area (Å²) in [7, 11) is -1.84. The molecule has 0 radical (unpaired) electrons. The predicted molar refractivity (Wildman–Crippen MR) is 127 cm³/mol. The number of rotatable bonds is 3. The molecule has 3 heteroatoms. The van der Waals surface area contributed by atoms with Crippen LogP contribution in [0.5, 0.6) is 0 Å². The van der Waals surface area contributed by atoms with E-state index in [4.69, 9.17) is 0 Å². The fourth-order valence-corrected chi connectivity index (χ4v) is 8.02. The van der Waals surface area contributed by atoms with E-state index < -0.39 is 8.07 Å². The van der Waals surface area contributed by atoms with Crippen LogP contribution in [0.4, 0.5) is 0 Å².